The molecule has 1 fully saturated rings. The summed E-state index contributed by atoms with van der Waals surface area (Å²) in [6.45, 7) is 4.48. The molecule has 3 nitrogen and oxygen atoms in total. The number of rotatable bonds is 5. The van der Waals surface area contributed by atoms with Crippen molar-refractivity contribution in [3.8, 4) is 0 Å². The van der Waals surface area contributed by atoms with Gasteiger partial charge in [0.05, 0.1) is 0 Å². The summed E-state index contributed by atoms with van der Waals surface area (Å²) in [6.07, 6.45) is 3.66. The van der Waals surface area contributed by atoms with Gasteiger partial charge in [0.15, 0.2) is 0 Å². The zero-order chi connectivity index (χ0) is 11.5. The Morgan fingerprint density at radius 2 is 2.19 bits per heavy atom. The van der Waals surface area contributed by atoms with E-state index in [0.717, 1.165) is 22.5 Å². The molecule has 1 aromatic rings. The van der Waals surface area contributed by atoms with Gasteiger partial charge in [-0.1, -0.05) is 13.8 Å². The van der Waals surface area contributed by atoms with Gasteiger partial charge in [-0.3, -0.25) is 0 Å². The fraction of sp³-hybridized carbons (Fsp3) is 0.667. The van der Waals surface area contributed by atoms with Crippen LogP contribution in [0, 0.1) is 5.92 Å². The van der Waals surface area contributed by atoms with Crippen molar-refractivity contribution in [3.63, 3.8) is 0 Å². The van der Waals surface area contributed by atoms with Gasteiger partial charge >= 0.3 is 0 Å². The Kier molecular flexibility index (Phi) is 3.69. The quantitative estimate of drug-likeness (QED) is 0.631. The summed E-state index contributed by atoms with van der Waals surface area (Å²) in [5.41, 5.74) is 5.79. The van der Waals surface area contributed by atoms with Gasteiger partial charge in [0.25, 0.3) is 0 Å². The first-order chi connectivity index (χ1) is 7.65. The van der Waals surface area contributed by atoms with Gasteiger partial charge in [0.2, 0.25) is 0 Å². The number of nitrogens with two attached hydrogens (primary N) is 1. The van der Waals surface area contributed by atoms with E-state index in [4.69, 9.17) is 5.73 Å². The van der Waals surface area contributed by atoms with E-state index in [-0.39, 0.29) is 0 Å². The first kappa shape index (κ1) is 11.7. The average molecular weight is 237 g/mol. The lowest BCUT2D eigenvalue weighted by Crippen LogP contribution is -2.00. The van der Waals surface area contributed by atoms with Crippen molar-refractivity contribution in [2.45, 2.75) is 44.1 Å². The molecule has 0 atom stereocenters. The van der Waals surface area contributed by atoms with Crippen LogP contribution in [0.4, 0.5) is 5.82 Å². The van der Waals surface area contributed by atoms with E-state index in [1.165, 1.54) is 19.3 Å². The van der Waals surface area contributed by atoms with Crippen LogP contribution in [0.1, 0.15) is 44.9 Å². The molecule has 16 heavy (non-hydrogen) atoms. The molecule has 0 bridgehead atoms. The lowest BCUT2D eigenvalue weighted by molar-refractivity contribution is 0.632. The Morgan fingerprint density at radius 1 is 1.44 bits per heavy atom. The molecule has 1 heterocycles. The number of thioether (sulfide) groups is 1. The number of nitrogens with zero attached hydrogens (tertiary/aromatic N) is 2. The summed E-state index contributed by atoms with van der Waals surface area (Å²) >= 11 is 1.79. The molecular formula is C12H19N3S. The van der Waals surface area contributed by atoms with Gasteiger partial charge in [-0.25, -0.2) is 9.97 Å². The molecule has 88 valence electrons. The van der Waals surface area contributed by atoms with E-state index in [1.54, 1.807) is 11.8 Å². The largest absolute Gasteiger partial charge is 0.384 e. The first-order valence-corrected chi connectivity index (χ1v) is 6.91. The molecule has 2 N–H and O–H groups in total. The predicted octanol–water partition coefficient (Wildman–Crippen LogP) is 3.07. The molecule has 0 radical (unpaired) electrons. The van der Waals surface area contributed by atoms with Crippen molar-refractivity contribution in [2.75, 3.05) is 11.5 Å². The number of hydrogen-bond donors (Lipinski definition) is 1. The molecule has 0 unspecified atom stereocenters. The third-order valence-corrected chi connectivity index (χ3v) is 3.57. The first-order valence-electron chi connectivity index (χ1n) is 5.92. The lowest BCUT2D eigenvalue weighted by atomic mass is 10.2. The zero-order valence-electron chi connectivity index (χ0n) is 9.94. The Balaban J connectivity index is 1.97. The lowest BCUT2D eigenvalue weighted by Gasteiger charge is -2.06. The zero-order valence-corrected chi connectivity index (χ0v) is 10.8. The Hall–Kier alpha value is -0.770. The smallest absolute Gasteiger partial charge is 0.135 e. The van der Waals surface area contributed by atoms with Crippen LogP contribution >= 0.6 is 11.8 Å². The molecular weight excluding hydrogens is 218 g/mol. The van der Waals surface area contributed by atoms with Gasteiger partial charge in [-0.2, -0.15) is 0 Å². The van der Waals surface area contributed by atoms with Gasteiger partial charge in [0.1, 0.15) is 16.7 Å². The number of hydrogen-bond acceptors (Lipinski definition) is 4. The molecule has 2 rings (SSSR count). The maximum atomic E-state index is 5.79. The number of nitrogen functional groups attached to an aromatic ring is 1. The molecule has 0 spiro atoms. The van der Waals surface area contributed by atoms with Crippen LogP contribution in [0.5, 0.6) is 0 Å². The van der Waals surface area contributed by atoms with Crippen LogP contribution in [-0.2, 0) is 0 Å². The monoisotopic (exact) mass is 237 g/mol. The minimum Gasteiger partial charge on any atom is -0.384 e. The van der Waals surface area contributed by atoms with Gasteiger partial charge in [-0.15, -0.1) is 11.8 Å². The summed E-state index contributed by atoms with van der Waals surface area (Å²) < 4.78 is 0. The molecule has 1 saturated carbocycles. The van der Waals surface area contributed by atoms with Crippen molar-refractivity contribution in [1.82, 2.24) is 9.97 Å². The number of aromatic nitrogens is 2. The highest BCUT2D eigenvalue weighted by Gasteiger charge is 2.27. The Morgan fingerprint density at radius 3 is 2.81 bits per heavy atom. The minimum atomic E-state index is 0.577. The van der Waals surface area contributed by atoms with Crippen molar-refractivity contribution >= 4 is 17.6 Å². The van der Waals surface area contributed by atoms with E-state index in [2.05, 4.69) is 23.8 Å². The average Bonchev–Trinajstić information content (AvgIpc) is 2.99. The van der Waals surface area contributed by atoms with E-state index in [1.807, 2.05) is 6.07 Å². The second kappa shape index (κ2) is 5.04. The summed E-state index contributed by atoms with van der Waals surface area (Å²) in [6, 6.07) is 1.89. The Bertz CT molecular complexity index is 361. The topological polar surface area (TPSA) is 51.8 Å². The van der Waals surface area contributed by atoms with Crippen LogP contribution in [0.3, 0.4) is 0 Å². The van der Waals surface area contributed by atoms with Crippen molar-refractivity contribution in [3.05, 3.63) is 11.9 Å². The molecule has 4 heteroatoms. The second-order valence-corrected chi connectivity index (χ2v) is 5.91. The highest BCUT2D eigenvalue weighted by molar-refractivity contribution is 7.99. The maximum Gasteiger partial charge on any atom is 0.135 e. The fourth-order valence-corrected chi connectivity index (χ4v) is 2.62. The standard InChI is InChI=1S/C12H19N3S/c1-8(2)5-6-16-11-7-10(13)14-12(15-11)9-3-4-9/h7-9H,3-6H2,1-2H3,(H2,13,14,15). The van der Waals surface area contributed by atoms with E-state index >= 15 is 0 Å². The van der Waals surface area contributed by atoms with Crippen LogP contribution in [-0.4, -0.2) is 15.7 Å². The molecule has 0 aromatic carbocycles. The highest BCUT2D eigenvalue weighted by atomic mass is 32.2. The highest BCUT2D eigenvalue weighted by Crippen LogP contribution is 2.38. The fourth-order valence-electron chi connectivity index (χ4n) is 1.46. The second-order valence-electron chi connectivity index (χ2n) is 4.79. The van der Waals surface area contributed by atoms with Crippen LogP contribution < -0.4 is 5.73 Å². The predicted molar refractivity (Wildman–Crippen MR) is 68.6 cm³/mol. The molecule has 0 saturated heterocycles. The third kappa shape index (κ3) is 3.37. The van der Waals surface area contributed by atoms with Gasteiger partial charge < -0.3 is 5.73 Å². The normalized spacial score (nSPS) is 15.7. The molecule has 0 amide bonds. The summed E-state index contributed by atoms with van der Waals surface area (Å²) in [7, 11) is 0. The summed E-state index contributed by atoms with van der Waals surface area (Å²) in [5, 5.41) is 1.04. The maximum absolute atomic E-state index is 5.79. The van der Waals surface area contributed by atoms with Gasteiger partial charge in [0, 0.05) is 12.0 Å². The van der Waals surface area contributed by atoms with Crippen molar-refractivity contribution in [1.29, 1.82) is 0 Å². The summed E-state index contributed by atoms with van der Waals surface area (Å²) in [4.78, 5) is 8.86. The van der Waals surface area contributed by atoms with Crippen molar-refractivity contribution in [2.24, 2.45) is 5.92 Å². The SMILES string of the molecule is CC(C)CCSc1cc(N)nc(C2CC2)n1. The Labute approximate surface area is 101 Å². The van der Waals surface area contributed by atoms with Gasteiger partial charge in [-0.05, 0) is 30.9 Å². The van der Waals surface area contributed by atoms with E-state index in [9.17, 15) is 0 Å². The molecule has 1 aromatic heterocycles. The van der Waals surface area contributed by atoms with Crippen LogP contribution in [0.15, 0.2) is 11.1 Å². The van der Waals surface area contributed by atoms with E-state index in [0.29, 0.717) is 11.7 Å². The van der Waals surface area contributed by atoms with Crippen molar-refractivity contribution < 1.29 is 0 Å². The number of anilines is 1. The molecule has 1 aliphatic carbocycles. The van der Waals surface area contributed by atoms with E-state index < -0.39 is 0 Å². The van der Waals surface area contributed by atoms with Crippen LogP contribution in [0.2, 0.25) is 0 Å². The minimum absolute atomic E-state index is 0.577. The van der Waals surface area contributed by atoms with Crippen LogP contribution in [0.25, 0.3) is 0 Å². The molecule has 0 aliphatic heterocycles. The molecule has 1 aliphatic rings. The third-order valence-electron chi connectivity index (χ3n) is 2.63. The summed E-state index contributed by atoms with van der Waals surface area (Å²) in [5.74, 6) is 4.00.